The molecule has 1 amide bonds. The minimum absolute atomic E-state index is 0.140. The Balaban J connectivity index is 1.52. The van der Waals surface area contributed by atoms with Crippen molar-refractivity contribution in [3.05, 3.63) is 63.2 Å². The highest BCUT2D eigenvalue weighted by molar-refractivity contribution is 6.37. The Morgan fingerprint density at radius 1 is 1.03 bits per heavy atom. The van der Waals surface area contributed by atoms with Gasteiger partial charge in [-0.15, -0.1) is 5.10 Å². The number of hydrogen-bond acceptors (Lipinski definition) is 5. The van der Waals surface area contributed by atoms with E-state index >= 15 is 0 Å². The fraction of sp³-hybridized carbons (Fsp3) is 0.300. The quantitative estimate of drug-likeness (QED) is 0.579. The van der Waals surface area contributed by atoms with Gasteiger partial charge in [-0.2, -0.15) is 0 Å². The van der Waals surface area contributed by atoms with Crippen molar-refractivity contribution in [1.29, 1.82) is 0 Å². The number of rotatable bonds is 4. The van der Waals surface area contributed by atoms with Gasteiger partial charge in [0.2, 0.25) is 5.82 Å². The maximum Gasteiger partial charge on any atom is 0.293 e. The molecule has 0 N–H and O–H groups in total. The van der Waals surface area contributed by atoms with Crippen LogP contribution in [0.4, 0.5) is 5.82 Å². The molecule has 0 bridgehead atoms. The molecule has 1 aliphatic rings. The molecule has 1 fully saturated rings. The summed E-state index contributed by atoms with van der Waals surface area (Å²) in [6.45, 7) is 4.37. The van der Waals surface area contributed by atoms with Gasteiger partial charge in [-0.3, -0.25) is 4.79 Å². The van der Waals surface area contributed by atoms with Crippen molar-refractivity contribution in [3.8, 4) is 5.69 Å². The lowest BCUT2D eigenvalue weighted by atomic mass is 10.3. The molecule has 3 heterocycles. The van der Waals surface area contributed by atoms with Crippen molar-refractivity contribution in [3.63, 3.8) is 0 Å². The molecule has 1 saturated heterocycles. The van der Waals surface area contributed by atoms with E-state index < -0.39 is 0 Å². The third-order valence-electron chi connectivity index (χ3n) is 4.93. The summed E-state index contributed by atoms with van der Waals surface area (Å²) in [5.74, 6) is 1.39. The average Bonchev–Trinajstić information content (AvgIpc) is 3.18. The monoisotopic (exact) mass is 464 g/mol. The molecule has 3 aromatic rings. The van der Waals surface area contributed by atoms with Gasteiger partial charge >= 0.3 is 0 Å². The molecule has 1 aromatic carbocycles. The van der Waals surface area contributed by atoms with E-state index in [4.69, 9.17) is 34.8 Å². The summed E-state index contributed by atoms with van der Waals surface area (Å²) < 4.78 is 1.56. The Morgan fingerprint density at radius 3 is 2.33 bits per heavy atom. The highest BCUT2D eigenvalue weighted by Gasteiger charge is 2.27. The Morgan fingerprint density at radius 2 is 1.73 bits per heavy atom. The number of amides is 1. The average molecular weight is 466 g/mol. The number of benzene rings is 1. The van der Waals surface area contributed by atoms with Crippen LogP contribution in [-0.2, 0) is 6.42 Å². The molecule has 0 saturated carbocycles. The van der Waals surface area contributed by atoms with Crippen LogP contribution in [0.3, 0.4) is 0 Å². The largest absolute Gasteiger partial charge is 0.353 e. The van der Waals surface area contributed by atoms with E-state index in [0.717, 1.165) is 5.82 Å². The van der Waals surface area contributed by atoms with Gasteiger partial charge in [0.25, 0.3) is 5.91 Å². The van der Waals surface area contributed by atoms with E-state index in [-0.39, 0.29) is 11.7 Å². The van der Waals surface area contributed by atoms with Gasteiger partial charge in [0, 0.05) is 38.8 Å². The van der Waals surface area contributed by atoms with E-state index in [1.54, 1.807) is 34.0 Å². The first kappa shape index (κ1) is 20.9. The summed E-state index contributed by atoms with van der Waals surface area (Å²) in [7, 11) is 0. The first-order chi connectivity index (χ1) is 14.5. The molecular weight excluding hydrogens is 447 g/mol. The summed E-state index contributed by atoms with van der Waals surface area (Å²) in [4.78, 5) is 25.7. The number of aryl methyl sites for hydroxylation is 1. The molecule has 0 radical (unpaired) electrons. The van der Waals surface area contributed by atoms with Gasteiger partial charge in [0.05, 0.1) is 15.1 Å². The van der Waals surface area contributed by atoms with Crippen molar-refractivity contribution in [2.24, 2.45) is 0 Å². The summed E-state index contributed by atoms with van der Waals surface area (Å²) in [6.07, 6.45) is 2.20. The second-order valence-corrected chi connectivity index (χ2v) is 8.05. The van der Waals surface area contributed by atoms with E-state index in [9.17, 15) is 4.79 Å². The number of carbonyl (C=O) groups is 1. The lowest BCUT2D eigenvalue weighted by molar-refractivity contribution is 0.0734. The number of nitrogens with zero attached hydrogens (tertiary/aromatic N) is 6. The van der Waals surface area contributed by atoms with Crippen molar-refractivity contribution >= 4 is 46.5 Å². The standard InChI is InChI=1S/C20H19Cl3N6O/c1-2-16-25-19(26-29(16)18-14(22)4-3-5-15(18)23)20(30)28-10-8-27(9-11-28)17-7-6-13(21)12-24-17/h3-7,12H,2,8-11H2,1H3. The molecule has 0 atom stereocenters. The van der Waals surface area contributed by atoms with Gasteiger partial charge < -0.3 is 9.80 Å². The lowest BCUT2D eigenvalue weighted by Gasteiger charge is -2.34. The SMILES string of the molecule is CCc1nc(C(=O)N2CCN(c3ccc(Cl)cn3)CC2)nn1-c1c(Cl)cccc1Cl. The first-order valence-corrected chi connectivity index (χ1v) is 10.7. The van der Waals surface area contributed by atoms with E-state index in [2.05, 4.69) is 20.0 Å². The molecule has 30 heavy (non-hydrogen) atoms. The fourth-order valence-electron chi connectivity index (χ4n) is 3.37. The number of para-hydroxylation sites is 1. The van der Waals surface area contributed by atoms with Crippen LogP contribution in [0.2, 0.25) is 15.1 Å². The minimum Gasteiger partial charge on any atom is -0.353 e. The lowest BCUT2D eigenvalue weighted by Crippen LogP contribution is -2.49. The minimum atomic E-state index is -0.213. The van der Waals surface area contributed by atoms with Crippen LogP contribution in [0, 0.1) is 0 Å². The predicted molar refractivity (Wildman–Crippen MR) is 118 cm³/mol. The number of carbonyl (C=O) groups excluding carboxylic acids is 1. The Kier molecular flexibility index (Phi) is 6.13. The Hall–Kier alpha value is -2.35. The van der Waals surface area contributed by atoms with E-state index in [1.165, 1.54) is 0 Å². The van der Waals surface area contributed by atoms with Crippen molar-refractivity contribution < 1.29 is 4.79 Å². The second kappa shape index (κ2) is 8.79. The molecule has 0 aliphatic carbocycles. The zero-order chi connectivity index (χ0) is 21.3. The smallest absolute Gasteiger partial charge is 0.293 e. The number of anilines is 1. The molecular formula is C20H19Cl3N6O. The molecule has 0 spiro atoms. The van der Waals surface area contributed by atoms with Crippen LogP contribution in [0.1, 0.15) is 23.4 Å². The normalized spacial score (nSPS) is 14.3. The van der Waals surface area contributed by atoms with Gasteiger partial charge in [0.1, 0.15) is 17.3 Å². The van der Waals surface area contributed by atoms with E-state index in [0.29, 0.717) is 59.2 Å². The highest BCUT2D eigenvalue weighted by atomic mass is 35.5. The van der Waals surface area contributed by atoms with Gasteiger partial charge in [-0.05, 0) is 24.3 Å². The summed E-state index contributed by atoms with van der Waals surface area (Å²) in [6, 6.07) is 8.91. The first-order valence-electron chi connectivity index (χ1n) is 9.54. The topological polar surface area (TPSA) is 67.2 Å². The zero-order valence-corrected chi connectivity index (χ0v) is 18.5. The number of hydrogen-bond donors (Lipinski definition) is 0. The van der Waals surface area contributed by atoms with E-state index in [1.807, 2.05) is 19.1 Å². The van der Waals surface area contributed by atoms with Crippen molar-refractivity contribution in [1.82, 2.24) is 24.6 Å². The molecule has 2 aromatic heterocycles. The van der Waals surface area contributed by atoms with Crippen LogP contribution in [0.5, 0.6) is 0 Å². The Labute approximate surface area is 189 Å². The van der Waals surface area contributed by atoms with Crippen molar-refractivity contribution in [2.45, 2.75) is 13.3 Å². The van der Waals surface area contributed by atoms with Crippen LogP contribution < -0.4 is 4.90 Å². The third-order valence-corrected chi connectivity index (χ3v) is 5.77. The second-order valence-electron chi connectivity index (χ2n) is 6.80. The molecule has 0 unspecified atom stereocenters. The van der Waals surface area contributed by atoms with Crippen LogP contribution >= 0.6 is 34.8 Å². The number of pyridine rings is 1. The maximum atomic E-state index is 13.0. The molecule has 156 valence electrons. The molecule has 10 heteroatoms. The Bertz CT molecular complexity index is 1040. The predicted octanol–water partition coefficient (Wildman–Crippen LogP) is 4.15. The van der Waals surface area contributed by atoms with Crippen LogP contribution in [0.15, 0.2) is 36.5 Å². The molecule has 7 nitrogen and oxygen atoms in total. The van der Waals surface area contributed by atoms with Crippen LogP contribution in [-0.4, -0.2) is 56.7 Å². The third kappa shape index (κ3) is 4.10. The highest BCUT2D eigenvalue weighted by Crippen LogP contribution is 2.29. The fourth-order valence-corrected chi connectivity index (χ4v) is 4.04. The van der Waals surface area contributed by atoms with Gasteiger partial charge in [-0.1, -0.05) is 47.8 Å². The van der Waals surface area contributed by atoms with Crippen molar-refractivity contribution in [2.75, 3.05) is 31.1 Å². The van der Waals surface area contributed by atoms with Gasteiger partial charge in [-0.25, -0.2) is 14.6 Å². The summed E-state index contributed by atoms with van der Waals surface area (Å²) in [5, 5.41) is 5.94. The van der Waals surface area contributed by atoms with Crippen LogP contribution in [0.25, 0.3) is 5.69 Å². The van der Waals surface area contributed by atoms with Gasteiger partial charge in [0.15, 0.2) is 0 Å². The number of aromatic nitrogens is 4. The molecule has 1 aliphatic heterocycles. The molecule has 4 rings (SSSR count). The maximum absolute atomic E-state index is 13.0. The summed E-state index contributed by atoms with van der Waals surface area (Å²) >= 11 is 18.6. The summed E-state index contributed by atoms with van der Waals surface area (Å²) in [5.41, 5.74) is 0.530. The zero-order valence-electron chi connectivity index (χ0n) is 16.2. The number of piperazine rings is 1. The number of halogens is 3.